The molecule has 0 radical (unpaired) electrons. The number of hydrogen-bond acceptors (Lipinski definition) is 5. The first kappa shape index (κ1) is 14.1. The highest BCUT2D eigenvalue weighted by molar-refractivity contribution is 5.75. The molecule has 1 unspecified atom stereocenters. The number of nitrogens with two attached hydrogens (primary N) is 1. The molecule has 1 rings (SSSR count). The Hall–Kier alpha value is -1.96. The Morgan fingerprint density at radius 1 is 1.72 bits per heavy atom. The molecule has 0 fully saturated rings. The molecule has 3 N–H and O–H groups in total. The number of carbonyl (C=O) groups is 1. The summed E-state index contributed by atoms with van der Waals surface area (Å²) in [4.78, 5) is 21.4. The van der Waals surface area contributed by atoms with Gasteiger partial charge in [-0.3, -0.25) is 19.6 Å². The van der Waals surface area contributed by atoms with Crippen LogP contribution < -0.4 is 11.1 Å². The molecule has 0 saturated carbocycles. The van der Waals surface area contributed by atoms with Gasteiger partial charge in [-0.15, -0.1) is 0 Å². The molecule has 0 aromatic carbocycles. The zero-order valence-electron chi connectivity index (χ0n) is 10.2. The van der Waals surface area contributed by atoms with Crippen molar-refractivity contribution in [2.45, 2.75) is 19.9 Å². The summed E-state index contributed by atoms with van der Waals surface area (Å²) in [6, 6.07) is 0. The number of nitrogens with one attached hydrogen (secondary N) is 1. The van der Waals surface area contributed by atoms with Gasteiger partial charge in [0, 0.05) is 19.5 Å². The summed E-state index contributed by atoms with van der Waals surface area (Å²) in [5.41, 5.74) is 5.35. The summed E-state index contributed by atoms with van der Waals surface area (Å²) in [6.45, 7) is 3.31. The van der Waals surface area contributed by atoms with Gasteiger partial charge in [-0.05, 0) is 12.5 Å². The molecular weight excluding hydrogens is 238 g/mol. The van der Waals surface area contributed by atoms with Crippen molar-refractivity contribution in [1.82, 2.24) is 15.1 Å². The van der Waals surface area contributed by atoms with Crippen molar-refractivity contribution < 1.29 is 9.72 Å². The average Bonchev–Trinajstić information content (AvgIpc) is 2.82. The van der Waals surface area contributed by atoms with Crippen LogP contribution in [0.3, 0.4) is 0 Å². The zero-order valence-corrected chi connectivity index (χ0v) is 10.2. The molecule has 0 aliphatic carbocycles. The Morgan fingerprint density at radius 2 is 2.44 bits per heavy atom. The van der Waals surface area contributed by atoms with E-state index in [4.69, 9.17) is 5.73 Å². The number of amides is 1. The van der Waals surface area contributed by atoms with Crippen LogP contribution in [0.1, 0.15) is 13.3 Å². The zero-order chi connectivity index (χ0) is 13.5. The topological polar surface area (TPSA) is 116 Å². The minimum Gasteiger partial charge on any atom is -0.356 e. The molecule has 18 heavy (non-hydrogen) atoms. The maximum atomic E-state index is 11.5. The first-order chi connectivity index (χ1) is 8.52. The lowest BCUT2D eigenvalue weighted by molar-refractivity contribution is -0.385. The first-order valence-electron chi connectivity index (χ1n) is 5.66. The molecule has 8 heteroatoms. The van der Waals surface area contributed by atoms with E-state index in [0.29, 0.717) is 19.6 Å². The average molecular weight is 255 g/mol. The quantitative estimate of drug-likeness (QED) is 0.521. The molecule has 8 nitrogen and oxygen atoms in total. The number of aryl methyl sites for hydroxylation is 1. The van der Waals surface area contributed by atoms with E-state index in [9.17, 15) is 14.9 Å². The summed E-state index contributed by atoms with van der Waals surface area (Å²) in [6.07, 6.45) is 2.69. The molecule has 0 aliphatic heterocycles. The van der Waals surface area contributed by atoms with Crippen molar-refractivity contribution in [3.8, 4) is 0 Å². The van der Waals surface area contributed by atoms with Crippen LogP contribution in [0.25, 0.3) is 0 Å². The van der Waals surface area contributed by atoms with E-state index in [1.165, 1.54) is 10.9 Å². The standard InChI is InChI=1S/C10H17N5O3/c1-8(4-11)5-12-10(16)2-3-14-7-9(6-13-14)15(17)18/h6-8H,2-5,11H2,1H3,(H,12,16). The van der Waals surface area contributed by atoms with Gasteiger partial charge >= 0.3 is 5.69 Å². The number of rotatable bonds is 7. The van der Waals surface area contributed by atoms with Gasteiger partial charge in [0.2, 0.25) is 5.91 Å². The van der Waals surface area contributed by atoms with E-state index in [2.05, 4.69) is 10.4 Å². The van der Waals surface area contributed by atoms with E-state index >= 15 is 0 Å². The largest absolute Gasteiger partial charge is 0.356 e. The maximum absolute atomic E-state index is 11.5. The van der Waals surface area contributed by atoms with Crippen molar-refractivity contribution in [3.63, 3.8) is 0 Å². The smallest absolute Gasteiger partial charge is 0.306 e. The summed E-state index contributed by atoms with van der Waals surface area (Å²) < 4.78 is 1.38. The van der Waals surface area contributed by atoms with Crippen LogP contribution in [-0.2, 0) is 11.3 Å². The Balaban J connectivity index is 2.31. The van der Waals surface area contributed by atoms with E-state index < -0.39 is 4.92 Å². The SMILES string of the molecule is CC(CN)CNC(=O)CCn1cc([N+](=O)[O-])cn1. The number of nitrogens with zero attached hydrogens (tertiary/aromatic N) is 3. The maximum Gasteiger partial charge on any atom is 0.306 e. The van der Waals surface area contributed by atoms with Crippen molar-refractivity contribution >= 4 is 11.6 Å². The Kier molecular flexibility index (Phi) is 5.25. The fourth-order valence-corrected chi connectivity index (χ4v) is 1.25. The molecule has 1 aromatic rings. The normalized spacial score (nSPS) is 12.1. The number of carbonyl (C=O) groups excluding carboxylic acids is 1. The Bertz CT molecular complexity index is 417. The fourth-order valence-electron chi connectivity index (χ4n) is 1.25. The van der Waals surface area contributed by atoms with Crippen LogP contribution in [0.4, 0.5) is 5.69 Å². The third kappa shape index (κ3) is 4.50. The van der Waals surface area contributed by atoms with Crippen LogP contribution in [0.5, 0.6) is 0 Å². The van der Waals surface area contributed by atoms with Gasteiger partial charge in [-0.2, -0.15) is 5.10 Å². The monoisotopic (exact) mass is 255 g/mol. The molecule has 0 bridgehead atoms. The Labute approximate surface area is 104 Å². The first-order valence-corrected chi connectivity index (χ1v) is 5.66. The van der Waals surface area contributed by atoms with E-state index in [-0.39, 0.29) is 23.9 Å². The molecule has 0 spiro atoms. The minimum atomic E-state index is -0.521. The predicted octanol–water partition coefficient (Wildman–Crippen LogP) is -0.108. The second kappa shape index (κ2) is 6.70. The van der Waals surface area contributed by atoms with Crippen LogP contribution in [0.15, 0.2) is 12.4 Å². The summed E-state index contributed by atoms with van der Waals surface area (Å²) >= 11 is 0. The van der Waals surface area contributed by atoms with E-state index in [0.717, 1.165) is 6.20 Å². The van der Waals surface area contributed by atoms with Crippen LogP contribution in [0, 0.1) is 16.0 Å². The van der Waals surface area contributed by atoms with Gasteiger partial charge in [-0.1, -0.05) is 6.92 Å². The van der Waals surface area contributed by atoms with Gasteiger partial charge < -0.3 is 11.1 Å². The minimum absolute atomic E-state index is 0.0767. The lowest BCUT2D eigenvalue weighted by atomic mass is 10.2. The highest BCUT2D eigenvalue weighted by Crippen LogP contribution is 2.07. The van der Waals surface area contributed by atoms with Gasteiger partial charge in [0.25, 0.3) is 0 Å². The Morgan fingerprint density at radius 3 is 3.00 bits per heavy atom. The third-order valence-corrected chi connectivity index (χ3v) is 2.45. The molecule has 1 amide bonds. The summed E-state index contributed by atoms with van der Waals surface area (Å²) in [7, 11) is 0. The molecular formula is C10H17N5O3. The molecule has 1 atom stereocenters. The van der Waals surface area contributed by atoms with Crippen LogP contribution >= 0.6 is 0 Å². The summed E-state index contributed by atoms with van der Waals surface area (Å²) in [5.74, 6) is 0.119. The number of nitro groups is 1. The summed E-state index contributed by atoms with van der Waals surface area (Å²) in [5, 5.41) is 17.0. The molecule has 1 aromatic heterocycles. The van der Waals surface area contributed by atoms with Gasteiger partial charge in [-0.25, -0.2) is 0 Å². The third-order valence-electron chi connectivity index (χ3n) is 2.45. The second-order valence-electron chi connectivity index (χ2n) is 4.11. The van der Waals surface area contributed by atoms with Crippen molar-refractivity contribution in [1.29, 1.82) is 0 Å². The fraction of sp³-hybridized carbons (Fsp3) is 0.600. The second-order valence-corrected chi connectivity index (χ2v) is 4.11. The van der Waals surface area contributed by atoms with Crippen molar-refractivity contribution in [2.75, 3.05) is 13.1 Å². The van der Waals surface area contributed by atoms with E-state index in [1.54, 1.807) is 0 Å². The molecule has 0 aliphatic rings. The predicted molar refractivity (Wildman–Crippen MR) is 64.7 cm³/mol. The molecule has 100 valence electrons. The number of hydrogen-bond donors (Lipinski definition) is 2. The molecule has 1 heterocycles. The highest BCUT2D eigenvalue weighted by Gasteiger charge is 2.10. The van der Waals surface area contributed by atoms with Crippen molar-refractivity contribution in [3.05, 3.63) is 22.5 Å². The van der Waals surface area contributed by atoms with Crippen molar-refractivity contribution in [2.24, 2.45) is 11.7 Å². The highest BCUT2D eigenvalue weighted by atomic mass is 16.6. The number of aromatic nitrogens is 2. The van der Waals surface area contributed by atoms with E-state index in [1.807, 2.05) is 6.92 Å². The van der Waals surface area contributed by atoms with Gasteiger partial charge in [0.15, 0.2) is 0 Å². The van der Waals surface area contributed by atoms with Crippen LogP contribution in [0.2, 0.25) is 0 Å². The lowest BCUT2D eigenvalue weighted by Gasteiger charge is -2.09. The van der Waals surface area contributed by atoms with Crippen LogP contribution in [-0.4, -0.2) is 33.7 Å². The van der Waals surface area contributed by atoms with Gasteiger partial charge in [0.05, 0.1) is 4.92 Å². The molecule has 0 saturated heterocycles. The van der Waals surface area contributed by atoms with Gasteiger partial charge in [0.1, 0.15) is 12.4 Å². The lowest BCUT2D eigenvalue weighted by Crippen LogP contribution is -2.31.